The number of benzene rings is 1. The van der Waals surface area contributed by atoms with E-state index in [-0.39, 0.29) is 32.2 Å². The number of likely N-dealkylation sites (tertiary alicyclic amines) is 1. The van der Waals surface area contributed by atoms with Gasteiger partial charge in [0, 0.05) is 13.1 Å². The molecule has 34 heavy (non-hydrogen) atoms. The van der Waals surface area contributed by atoms with E-state index < -0.39 is 41.0 Å². The summed E-state index contributed by atoms with van der Waals surface area (Å²) in [6, 6.07) is 5.94. The van der Waals surface area contributed by atoms with Crippen molar-refractivity contribution in [2.24, 2.45) is 11.8 Å². The summed E-state index contributed by atoms with van der Waals surface area (Å²) < 4.78 is 12.2. The topological polar surface area (TPSA) is 96.4 Å². The van der Waals surface area contributed by atoms with Crippen LogP contribution in [0.25, 0.3) is 0 Å². The molecule has 0 aromatic heterocycles. The third-order valence-corrected chi connectivity index (χ3v) is 7.71. The van der Waals surface area contributed by atoms with Gasteiger partial charge in [0.2, 0.25) is 5.91 Å². The highest BCUT2D eigenvalue weighted by Crippen LogP contribution is 2.58. The maximum absolute atomic E-state index is 14.1. The van der Waals surface area contributed by atoms with E-state index in [2.05, 4.69) is 0 Å². The standard InChI is InChI=1S/C25H27ClN2O6/c1-2-24-10-5-6-15-33-23(32)19(24)18-21(30)28(13-14-29)20-22(31)27(12-7-11-25(18,20)34-24)17-9-4-3-8-16(17)26/h3-5,7-11,18-20,29H,2,6,12-15H2,1H3/t18-,19+,20?,24-,25-/m0/s1. The summed E-state index contributed by atoms with van der Waals surface area (Å²) >= 11 is 6.41. The number of carbonyl (C=O) groups excluding carboxylic acids is 3. The Morgan fingerprint density at radius 2 is 1.91 bits per heavy atom. The molecule has 0 radical (unpaired) electrons. The summed E-state index contributed by atoms with van der Waals surface area (Å²) in [6.07, 6.45) is 8.30. The number of fused-ring (bicyclic) bond motifs is 2. The molecule has 4 heterocycles. The van der Waals surface area contributed by atoms with Crippen LogP contribution in [0.2, 0.25) is 5.02 Å². The van der Waals surface area contributed by atoms with Crippen molar-refractivity contribution in [1.82, 2.24) is 4.90 Å². The Morgan fingerprint density at radius 1 is 1.12 bits per heavy atom. The molecule has 1 aromatic rings. The summed E-state index contributed by atoms with van der Waals surface area (Å²) in [5.41, 5.74) is -1.94. The molecule has 1 spiro atoms. The van der Waals surface area contributed by atoms with Gasteiger partial charge in [0.15, 0.2) is 0 Å². The van der Waals surface area contributed by atoms with Gasteiger partial charge in [0.05, 0.1) is 29.8 Å². The fourth-order valence-corrected chi connectivity index (χ4v) is 6.20. The Labute approximate surface area is 202 Å². The predicted molar refractivity (Wildman–Crippen MR) is 124 cm³/mol. The number of nitrogens with zero attached hydrogens (tertiary/aromatic N) is 2. The number of amides is 2. The third-order valence-electron chi connectivity index (χ3n) is 7.39. The van der Waals surface area contributed by atoms with Crippen LogP contribution in [-0.4, -0.2) is 71.3 Å². The van der Waals surface area contributed by atoms with Gasteiger partial charge in [-0.1, -0.05) is 55.0 Å². The van der Waals surface area contributed by atoms with E-state index in [1.165, 1.54) is 9.80 Å². The quantitative estimate of drug-likeness (QED) is 0.517. The van der Waals surface area contributed by atoms with Crippen LogP contribution in [0.3, 0.4) is 0 Å². The van der Waals surface area contributed by atoms with Gasteiger partial charge in [0.1, 0.15) is 23.2 Å². The van der Waals surface area contributed by atoms with Crippen LogP contribution in [0.15, 0.2) is 48.6 Å². The fraction of sp³-hybridized carbons (Fsp3) is 0.480. The van der Waals surface area contributed by atoms with Gasteiger partial charge in [-0.25, -0.2) is 0 Å². The van der Waals surface area contributed by atoms with Gasteiger partial charge in [-0.2, -0.15) is 0 Å². The van der Waals surface area contributed by atoms with E-state index in [9.17, 15) is 19.5 Å². The molecule has 0 saturated carbocycles. The number of hydrogen-bond donors (Lipinski definition) is 1. The summed E-state index contributed by atoms with van der Waals surface area (Å²) in [5.74, 6) is -3.13. The smallest absolute Gasteiger partial charge is 0.313 e. The van der Waals surface area contributed by atoms with Crippen LogP contribution in [0.1, 0.15) is 19.8 Å². The summed E-state index contributed by atoms with van der Waals surface area (Å²) in [4.78, 5) is 44.0. The lowest BCUT2D eigenvalue weighted by atomic mass is 9.73. The first-order valence-electron chi connectivity index (χ1n) is 11.6. The Morgan fingerprint density at radius 3 is 2.65 bits per heavy atom. The number of carbonyl (C=O) groups is 3. The van der Waals surface area contributed by atoms with E-state index in [1.807, 2.05) is 19.1 Å². The molecule has 5 rings (SSSR count). The van der Waals surface area contributed by atoms with E-state index >= 15 is 0 Å². The van der Waals surface area contributed by atoms with Crippen molar-refractivity contribution in [3.05, 3.63) is 53.6 Å². The Kier molecular flexibility index (Phi) is 5.78. The summed E-state index contributed by atoms with van der Waals surface area (Å²) in [5, 5.41) is 10.1. The highest BCUT2D eigenvalue weighted by molar-refractivity contribution is 6.34. The number of anilines is 1. The number of aliphatic hydroxyl groups is 1. The van der Waals surface area contributed by atoms with E-state index in [0.29, 0.717) is 23.6 Å². The first-order chi connectivity index (χ1) is 16.4. The van der Waals surface area contributed by atoms with Gasteiger partial charge >= 0.3 is 5.97 Å². The van der Waals surface area contributed by atoms with Crippen LogP contribution in [0.4, 0.5) is 5.69 Å². The van der Waals surface area contributed by atoms with E-state index in [4.69, 9.17) is 21.1 Å². The minimum absolute atomic E-state index is 0.0578. The average Bonchev–Trinajstić information content (AvgIpc) is 3.15. The van der Waals surface area contributed by atoms with Crippen LogP contribution >= 0.6 is 11.6 Å². The summed E-state index contributed by atoms with van der Waals surface area (Å²) in [7, 11) is 0. The van der Waals surface area contributed by atoms with Gasteiger partial charge in [-0.15, -0.1) is 0 Å². The average molecular weight is 487 g/mol. The normalized spacial score (nSPS) is 34.8. The molecule has 1 unspecified atom stereocenters. The van der Waals surface area contributed by atoms with E-state index in [0.717, 1.165) is 0 Å². The molecule has 4 aliphatic heterocycles. The second kappa shape index (κ2) is 8.52. The van der Waals surface area contributed by atoms with Crippen molar-refractivity contribution in [3.63, 3.8) is 0 Å². The van der Waals surface area contributed by atoms with Crippen molar-refractivity contribution >= 4 is 35.1 Å². The predicted octanol–water partition coefficient (Wildman–Crippen LogP) is 2.10. The fourth-order valence-electron chi connectivity index (χ4n) is 5.96. The Bertz CT molecular complexity index is 1090. The Hall–Kier alpha value is -2.68. The number of β-amino-alcohol motifs (C(OH)–C–C–N with tert-alkyl or cyclic N) is 1. The molecular formula is C25H27ClN2O6. The van der Waals surface area contributed by atoms with Crippen LogP contribution in [0, 0.1) is 11.8 Å². The molecule has 2 amide bonds. The number of aliphatic hydroxyl groups excluding tert-OH is 1. The van der Waals surface area contributed by atoms with Crippen molar-refractivity contribution in [3.8, 4) is 0 Å². The third kappa shape index (κ3) is 3.16. The van der Waals surface area contributed by atoms with Gasteiger partial charge in [0.25, 0.3) is 5.91 Å². The SMILES string of the molecule is CC[C@]12C=CCCOC(=O)[C@H]1[C@H]1C(=O)N(CCO)C3C(=O)N(c4ccccc4Cl)CC=C[C@@]31O2. The molecule has 0 bridgehead atoms. The number of para-hydroxylation sites is 1. The van der Waals surface area contributed by atoms with E-state index in [1.54, 1.807) is 36.4 Å². The van der Waals surface area contributed by atoms with Crippen molar-refractivity contribution in [2.75, 3.05) is 31.2 Å². The molecule has 5 atom stereocenters. The minimum atomic E-state index is -1.38. The Balaban J connectivity index is 1.68. The van der Waals surface area contributed by atoms with Gasteiger partial charge in [-0.05, 0) is 25.0 Å². The number of ether oxygens (including phenoxy) is 2. The van der Waals surface area contributed by atoms with Crippen LogP contribution < -0.4 is 4.90 Å². The molecule has 8 nitrogen and oxygen atoms in total. The number of esters is 1. The monoisotopic (exact) mass is 486 g/mol. The molecule has 4 aliphatic rings. The number of rotatable bonds is 4. The van der Waals surface area contributed by atoms with Crippen molar-refractivity contribution < 1.29 is 29.0 Å². The first kappa shape index (κ1) is 23.1. The molecule has 0 aliphatic carbocycles. The molecule has 2 saturated heterocycles. The lowest BCUT2D eigenvalue weighted by Gasteiger charge is -2.38. The highest BCUT2D eigenvalue weighted by atomic mass is 35.5. The zero-order valence-corrected chi connectivity index (χ0v) is 19.6. The molecule has 1 N–H and O–H groups in total. The number of hydrogen-bond acceptors (Lipinski definition) is 6. The zero-order chi connectivity index (χ0) is 24.1. The maximum Gasteiger partial charge on any atom is 0.313 e. The molecular weight excluding hydrogens is 460 g/mol. The molecule has 2 fully saturated rings. The van der Waals surface area contributed by atoms with Crippen LogP contribution in [0.5, 0.6) is 0 Å². The number of cyclic esters (lactones) is 1. The number of halogens is 1. The second-order valence-corrected chi connectivity index (χ2v) is 9.45. The highest BCUT2D eigenvalue weighted by Gasteiger charge is 2.75. The largest absolute Gasteiger partial charge is 0.465 e. The first-order valence-corrected chi connectivity index (χ1v) is 12.0. The lowest BCUT2D eigenvalue weighted by Crippen LogP contribution is -2.56. The van der Waals surface area contributed by atoms with Crippen molar-refractivity contribution in [1.29, 1.82) is 0 Å². The second-order valence-electron chi connectivity index (χ2n) is 9.04. The molecule has 180 valence electrons. The molecule has 9 heteroatoms. The molecule has 1 aromatic carbocycles. The van der Waals surface area contributed by atoms with Gasteiger partial charge < -0.3 is 24.4 Å². The minimum Gasteiger partial charge on any atom is -0.465 e. The zero-order valence-electron chi connectivity index (χ0n) is 18.9. The lowest BCUT2D eigenvalue weighted by molar-refractivity contribution is -0.160. The summed E-state index contributed by atoms with van der Waals surface area (Å²) in [6.45, 7) is 1.95. The van der Waals surface area contributed by atoms with Crippen molar-refractivity contribution in [2.45, 2.75) is 37.0 Å². The maximum atomic E-state index is 14.1. The van der Waals surface area contributed by atoms with Gasteiger partial charge in [-0.3, -0.25) is 14.4 Å². The van der Waals surface area contributed by atoms with Crippen LogP contribution in [-0.2, 0) is 23.9 Å².